The summed E-state index contributed by atoms with van der Waals surface area (Å²) in [6, 6.07) is 6.19. The molecular weight excluding hydrogens is 224 g/mol. The van der Waals surface area contributed by atoms with Gasteiger partial charge in [-0.25, -0.2) is 0 Å². The molecule has 2 atom stereocenters. The Morgan fingerprint density at radius 1 is 1.22 bits per heavy atom. The van der Waals surface area contributed by atoms with Gasteiger partial charge in [0.15, 0.2) is 0 Å². The van der Waals surface area contributed by atoms with Gasteiger partial charge in [0.25, 0.3) is 0 Å². The molecule has 1 aliphatic carbocycles. The zero-order valence-electron chi connectivity index (χ0n) is 11.2. The first kappa shape index (κ1) is 12.8. The Hall–Kier alpha value is -1.61. The molecule has 1 aliphatic rings. The molecule has 1 aromatic carbocycles. The second kappa shape index (κ2) is 4.94. The van der Waals surface area contributed by atoms with Gasteiger partial charge in [-0.15, -0.1) is 0 Å². The lowest BCUT2D eigenvalue weighted by atomic mass is 10.1. The maximum absolute atomic E-state index is 12.3. The topological polar surface area (TPSA) is 46.3 Å². The highest BCUT2D eigenvalue weighted by molar-refractivity contribution is 5.96. The number of nitrogens with zero attached hydrogens (tertiary/aromatic N) is 1. The quantitative estimate of drug-likeness (QED) is 0.810. The molecule has 3 nitrogen and oxygen atoms in total. The van der Waals surface area contributed by atoms with Gasteiger partial charge in [0.05, 0.1) is 5.92 Å². The standard InChI is InChI=1S/C15H20N2O/c1-10-6-11(2)8-14(7-10)17(3)15(18)12-4-5-13(16)9-12/h4-8,12-13H,9,16H2,1-3H3. The van der Waals surface area contributed by atoms with Gasteiger partial charge in [0.2, 0.25) is 5.91 Å². The van der Waals surface area contributed by atoms with Crippen molar-refractivity contribution < 1.29 is 4.79 Å². The number of carbonyl (C=O) groups excluding carboxylic acids is 1. The zero-order chi connectivity index (χ0) is 13.3. The van der Waals surface area contributed by atoms with Crippen LogP contribution in [0.15, 0.2) is 30.4 Å². The Morgan fingerprint density at radius 3 is 2.33 bits per heavy atom. The van der Waals surface area contributed by atoms with Gasteiger partial charge in [0.1, 0.15) is 0 Å². The molecule has 96 valence electrons. The van der Waals surface area contributed by atoms with Crippen molar-refractivity contribution in [1.82, 2.24) is 0 Å². The molecule has 0 radical (unpaired) electrons. The lowest BCUT2D eigenvalue weighted by Gasteiger charge is -2.21. The molecule has 0 heterocycles. The van der Waals surface area contributed by atoms with Crippen LogP contribution in [-0.2, 0) is 4.79 Å². The summed E-state index contributed by atoms with van der Waals surface area (Å²) in [5, 5.41) is 0. The van der Waals surface area contributed by atoms with Gasteiger partial charge in [-0.2, -0.15) is 0 Å². The molecule has 18 heavy (non-hydrogen) atoms. The molecule has 1 amide bonds. The number of aryl methyl sites for hydroxylation is 2. The molecule has 0 saturated heterocycles. The first-order chi connectivity index (χ1) is 8.47. The van der Waals surface area contributed by atoms with E-state index in [0.29, 0.717) is 6.42 Å². The Morgan fingerprint density at radius 2 is 1.83 bits per heavy atom. The molecule has 1 aromatic rings. The lowest BCUT2D eigenvalue weighted by molar-refractivity contribution is -0.120. The van der Waals surface area contributed by atoms with Crippen molar-refractivity contribution in [3.05, 3.63) is 41.5 Å². The van der Waals surface area contributed by atoms with E-state index in [1.54, 1.807) is 4.90 Å². The third-order valence-electron chi connectivity index (χ3n) is 3.36. The third kappa shape index (κ3) is 2.62. The number of amides is 1. The summed E-state index contributed by atoms with van der Waals surface area (Å²) in [6.07, 6.45) is 4.55. The first-order valence-corrected chi connectivity index (χ1v) is 6.27. The fraction of sp³-hybridized carbons (Fsp3) is 0.400. The zero-order valence-corrected chi connectivity index (χ0v) is 11.2. The van der Waals surface area contributed by atoms with Crippen molar-refractivity contribution in [1.29, 1.82) is 0 Å². The smallest absolute Gasteiger partial charge is 0.233 e. The highest BCUT2D eigenvalue weighted by Gasteiger charge is 2.26. The van der Waals surface area contributed by atoms with Crippen LogP contribution in [0.3, 0.4) is 0 Å². The third-order valence-corrected chi connectivity index (χ3v) is 3.36. The fourth-order valence-electron chi connectivity index (χ4n) is 2.43. The summed E-state index contributed by atoms with van der Waals surface area (Å²) < 4.78 is 0. The Labute approximate surface area is 108 Å². The molecule has 0 spiro atoms. The Balaban J connectivity index is 2.18. The maximum Gasteiger partial charge on any atom is 0.233 e. The predicted octanol–water partition coefficient (Wildman–Crippen LogP) is 2.17. The van der Waals surface area contributed by atoms with E-state index in [4.69, 9.17) is 5.73 Å². The van der Waals surface area contributed by atoms with Crippen molar-refractivity contribution in [3.63, 3.8) is 0 Å². The first-order valence-electron chi connectivity index (χ1n) is 6.27. The van der Waals surface area contributed by atoms with Gasteiger partial charge >= 0.3 is 0 Å². The fourth-order valence-corrected chi connectivity index (χ4v) is 2.43. The van der Waals surface area contributed by atoms with Gasteiger partial charge in [-0.3, -0.25) is 4.79 Å². The number of rotatable bonds is 2. The number of hydrogen-bond acceptors (Lipinski definition) is 2. The monoisotopic (exact) mass is 244 g/mol. The number of carbonyl (C=O) groups is 1. The van der Waals surface area contributed by atoms with Crippen LogP contribution in [0, 0.1) is 19.8 Å². The van der Waals surface area contributed by atoms with Crippen LogP contribution < -0.4 is 10.6 Å². The summed E-state index contributed by atoms with van der Waals surface area (Å²) in [6.45, 7) is 4.08. The van der Waals surface area contributed by atoms with Crippen LogP contribution in [-0.4, -0.2) is 19.0 Å². The highest BCUT2D eigenvalue weighted by atomic mass is 16.2. The van der Waals surface area contributed by atoms with Gasteiger partial charge in [0, 0.05) is 18.8 Å². The average molecular weight is 244 g/mol. The normalized spacial score (nSPS) is 22.2. The predicted molar refractivity (Wildman–Crippen MR) is 74.5 cm³/mol. The molecule has 2 unspecified atom stereocenters. The van der Waals surface area contributed by atoms with Crippen LogP contribution in [0.2, 0.25) is 0 Å². The van der Waals surface area contributed by atoms with Gasteiger partial charge < -0.3 is 10.6 Å². The van der Waals surface area contributed by atoms with E-state index in [2.05, 4.69) is 6.07 Å². The van der Waals surface area contributed by atoms with Crippen molar-refractivity contribution in [2.45, 2.75) is 26.3 Å². The molecule has 2 rings (SSSR count). The van der Waals surface area contributed by atoms with Gasteiger partial charge in [-0.05, 0) is 43.5 Å². The van der Waals surface area contributed by atoms with E-state index in [9.17, 15) is 4.79 Å². The van der Waals surface area contributed by atoms with E-state index in [1.807, 2.05) is 45.2 Å². The molecule has 0 fully saturated rings. The highest BCUT2D eigenvalue weighted by Crippen LogP contribution is 2.23. The lowest BCUT2D eigenvalue weighted by Crippen LogP contribution is -2.32. The molecule has 0 saturated carbocycles. The number of anilines is 1. The number of nitrogens with two attached hydrogens (primary N) is 1. The van der Waals surface area contributed by atoms with Crippen molar-refractivity contribution in [2.24, 2.45) is 11.7 Å². The minimum absolute atomic E-state index is 0.0200. The number of hydrogen-bond donors (Lipinski definition) is 1. The summed E-state index contributed by atoms with van der Waals surface area (Å²) in [5.74, 6) is 0.0371. The largest absolute Gasteiger partial charge is 0.324 e. The van der Waals surface area contributed by atoms with E-state index in [1.165, 1.54) is 11.1 Å². The van der Waals surface area contributed by atoms with Crippen LogP contribution in [0.4, 0.5) is 5.69 Å². The molecule has 0 bridgehead atoms. The maximum atomic E-state index is 12.3. The van der Waals surface area contributed by atoms with E-state index >= 15 is 0 Å². The summed E-state index contributed by atoms with van der Waals surface area (Å²) in [5.41, 5.74) is 9.08. The Bertz CT molecular complexity index is 473. The van der Waals surface area contributed by atoms with Gasteiger partial charge in [-0.1, -0.05) is 18.2 Å². The molecule has 3 heteroatoms. The number of benzene rings is 1. The van der Waals surface area contributed by atoms with Crippen molar-refractivity contribution >= 4 is 11.6 Å². The van der Waals surface area contributed by atoms with Crippen LogP contribution in [0.25, 0.3) is 0 Å². The molecule has 2 N–H and O–H groups in total. The summed E-state index contributed by atoms with van der Waals surface area (Å²) in [4.78, 5) is 14.1. The van der Waals surface area contributed by atoms with Crippen LogP contribution in [0.1, 0.15) is 17.5 Å². The minimum Gasteiger partial charge on any atom is -0.324 e. The van der Waals surface area contributed by atoms with Crippen LogP contribution >= 0.6 is 0 Å². The molecule has 0 aliphatic heterocycles. The minimum atomic E-state index is -0.0779. The summed E-state index contributed by atoms with van der Waals surface area (Å²) >= 11 is 0. The van der Waals surface area contributed by atoms with E-state index < -0.39 is 0 Å². The molecule has 0 aromatic heterocycles. The molecular formula is C15H20N2O. The second-order valence-electron chi connectivity index (χ2n) is 5.13. The van der Waals surface area contributed by atoms with E-state index in [0.717, 1.165) is 5.69 Å². The summed E-state index contributed by atoms with van der Waals surface area (Å²) in [7, 11) is 1.83. The van der Waals surface area contributed by atoms with E-state index in [-0.39, 0.29) is 17.9 Å². The SMILES string of the molecule is Cc1cc(C)cc(N(C)C(=O)C2C=CC(N)C2)c1. The Kier molecular flexibility index (Phi) is 3.53. The van der Waals surface area contributed by atoms with Crippen molar-refractivity contribution in [2.75, 3.05) is 11.9 Å². The second-order valence-corrected chi connectivity index (χ2v) is 5.13. The van der Waals surface area contributed by atoms with Crippen LogP contribution in [0.5, 0.6) is 0 Å². The van der Waals surface area contributed by atoms with Crippen molar-refractivity contribution in [3.8, 4) is 0 Å². The average Bonchev–Trinajstić information content (AvgIpc) is 2.72.